The Morgan fingerprint density at radius 1 is 0.933 bits per heavy atom. The van der Waals surface area contributed by atoms with E-state index in [2.05, 4.69) is 10.2 Å². The molecule has 0 bridgehead atoms. The van der Waals surface area contributed by atoms with Crippen molar-refractivity contribution < 1.29 is 37.1 Å². The molecule has 0 saturated carbocycles. The second-order valence-electron chi connectivity index (χ2n) is 11.7. The van der Waals surface area contributed by atoms with Crippen LogP contribution in [0.5, 0.6) is 0 Å². The number of piperazine rings is 1. The second-order valence-corrected chi connectivity index (χ2v) is 14.5. The summed E-state index contributed by atoms with van der Waals surface area (Å²) in [6.07, 6.45) is 1.74. The van der Waals surface area contributed by atoms with Gasteiger partial charge in [0.25, 0.3) is 0 Å². The van der Waals surface area contributed by atoms with Crippen molar-refractivity contribution in [3.63, 3.8) is 0 Å². The lowest BCUT2D eigenvalue weighted by molar-refractivity contribution is -0.146. The fourth-order valence-corrected chi connectivity index (χ4v) is 8.19. The molecule has 13 nitrogen and oxygen atoms in total. The average Bonchev–Trinajstić information content (AvgIpc) is 3.53. The maximum absolute atomic E-state index is 13.4. The van der Waals surface area contributed by atoms with Gasteiger partial charge in [0, 0.05) is 62.3 Å². The number of sulfonamides is 1. The van der Waals surface area contributed by atoms with Gasteiger partial charge in [-0.1, -0.05) is 23.2 Å². The molecule has 1 N–H and O–H groups in total. The van der Waals surface area contributed by atoms with Crippen LogP contribution in [0.25, 0.3) is 0 Å². The summed E-state index contributed by atoms with van der Waals surface area (Å²) in [5.41, 5.74) is 0. The van der Waals surface area contributed by atoms with E-state index >= 15 is 0 Å². The van der Waals surface area contributed by atoms with Gasteiger partial charge in [-0.25, -0.2) is 18.0 Å². The van der Waals surface area contributed by atoms with Gasteiger partial charge < -0.3 is 29.5 Å². The van der Waals surface area contributed by atoms with E-state index in [9.17, 15) is 27.6 Å². The van der Waals surface area contributed by atoms with Crippen molar-refractivity contribution in [1.29, 1.82) is 0 Å². The highest BCUT2D eigenvalue weighted by Gasteiger charge is 2.41. The predicted octanol–water partition coefficient (Wildman–Crippen LogP) is 2.21. The Balaban J connectivity index is 1.26. The minimum Gasteiger partial charge on any atom is -0.467 e. The molecule has 4 rings (SSSR count). The van der Waals surface area contributed by atoms with Crippen LogP contribution in [-0.4, -0.2) is 130 Å². The van der Waals surface area contributed by atoms with Crippen LogP contribution < -0.4 is 5.32 Å². The standard InChI is InChI=1S/C29H41Cl2N5O8S/c1-33-12-14-35(15-13-33)29(40)44-19-20-7-10-34(11-8-20)26(37)6-5-24(28(39)43-2)32-27(38)25-4-3-9-36(25)45(41,42)23-17-21(30)16-22(31)18-23/h16-18,20,24-25H,3-15,19H2,1-2H3,(H,32,38)/t24-,25-/m0/s1. The van der Waals surface area contributed by atoms with E-state index in [1.807, 2.05) is 7.05 Å². The number of benzene rings is 1. The molecule has 0 aromatic heterocycles. The highest BCUT2D eigenvalue weighted by Crippen LogP contribution is 2.30. The van der Waals surface area contributed by atoms with Crippen molar-refractivity contribution in [1.82, 2.24) is 24.3 Å². The van der Waals surface area contributed by atoms with Gasteiger partial charge in [0.2, 0.25) is 21.8 Å². The first-order valence-corrected chi connectivity index (χ1v) is 17.3. The topological polar surface area (TPSA) is 146 Å². The molecule has 1 aromatic rings. The number of amides is 3. The molecule has 1 aromatic carbocycles. The molecule has 3 heterocycles. The zero-order chi connectivity index (χ0) is 32.7. The maximum Gasteiger partial charge on any atom is 0.409 e. The number of likely N-dealkylation sites (N-methyl/N-ethyl adjacent to an activating group) is 1. The molecule has 3 aliphatic rings. The third-order valence-electron chi connectivity index (χ3n) is 8.57. The van der Waals surface area contributed by atoms with Crippen molar-refractivity contribution in [2.45, 2.75) is 55.5 Å². The fraction of sp³-hybridized carbons (Fsp3) is 0.655. The lowest BCUT2D eigenvalue weighted by atomic mass is 9.97. The van der Waals surface area contributed by atoms with Gasteiger partial charge in [-0.05, 0) is 63.3 Å². The summed E-state index contributed by atoms with van der Waals surface area (Å²) in [5, 5.41) is 2.90. The van der Waals surface area contributed by atoms with E-state index in [0.29, 0.717) is 52.0 Å². The molecule has 3 aliphatic heterocycles. The molecule has 3 amide bonds. The van der Waals surface area contributed by atoms with E-state index in [1.54, 1.807) is 9.80 Å². The van der Waals surface area contributed by atoms with E-state index in [1.165, 1.54) is 25.3 Å². The number of hydrogen-bond donors (Lipinski definition) is 1. The predicted molar refractivity (Wildman–Crippen MR) is 166 cm³/mol. The molecule has 16 heteroatoms. The van der Waals surface area contributed by atoms with Gasteiger partial charge in [-0.2, -0.15) is 4.31 Å². The first-order valence-electron chi connectivity index (χ1n) is 15.1. The monoisotopic (exact) mass is 689 g/mol. The molecule has 0 unspecified atom stereocenters. The van der Waals surface area contributed by atoms with Gasteiger partial charge >= 0.3 is 12.1 Å². The SMILES string of the molecule is COC(=O)[C@H](CCC(=O)N1CCC(COC(=O)N2CCN(C)CC2)CC1)NC(=O)[C@@H]1CCCN1S(=O)(=O)c1cc(Cl)cc(Cl)c1. The number of esters is 1. The van der Waals surface area contributed by atoms with Crippen LogP contribution >= 0.6 is 23.2 Å². The summed E-state index contributed by atoms with van der Waals surface area (Å²) in [4.78, 5) is 56.7. The molecule has 0 spiro atoms. The van der Waals surface area contributed by atoms with Crippen LogP contribution in [0.1, 0.15) is 38.5 Å². The molecular weight excluding hydrogens is 649 g/mol. The van der Waals surface area contributed by atoms with Crippen LogP contribution in [0, 0.1) is 5.92 Å². The Labute approximate surface area is 274 Å². The number of rotatable bonds is 10. The van der Waals surface area contributed by atoms with Gasteiger partial charge in [0.15, 0.2) is 0 Å². The van der Waals surface area contributed by atoms with Crippen molar-refractivity contribution in [3.8, 4) is 0 Å². The number of likely N-dealkylation sites (tertiary alicyclic amines) is 1. The van der Waals surface area contributed by atoms with Crippen LogP contribution in [-0.2, 0) is 33.9 Å². The maximum atomic E-state index is 13.4. The number of methoxy groups -OCH3 is 1. The van der Waals surface area contributed by atoms with Crippen LogP contribution in [0.4, 0.5) is 4.79 Å². The van der Waals surface area contributed by atoms with Gasteiger partial charge in [-0.15, -0.1) is 0 Å². The van der Waals surface area contributed by atoms with Crippen LogP contribution in [0.3, 0.4) is 0 Å². The largest absolute Gasteiger partial charge is 0.467 e. The summed E-state index contributed by atoms with van der Waals surface area (Å²) in [6, 6.07) is 1.75. The Bertz CT molecular complexity index is 1330. The van der Waals surface area contributed by atoms with Crippen molar-refractivity contribution in [3.05, 3.63) is 28.2 Å². The number of ether oxygens (including phenoxy) is 2. The van der Waals surface area contributed by atoms with Gasteiger partial charge in [-0.3, -0.25) is 9.59 Å². The molecule has 3 saturated heterocycles. The third kappa shape index (κ3) is 9.22. The molecular formula is C29H41Cl2N5O8S. The van der Waals surface area contributed by atoms with E-state index in [4.69, 9.17) is 32.7 Å². The smallest absolute Gasteiger partial charge is 0.409 e. The quantitative estimate of drug-likeness (QED) is 0.366. The molecule has 3 fully saturated rings. The zero-order valence-corrected chi connectivity index (χ0v) is 27.9. The highest BCUT2D eigenvalue weighted by molar-refractivity contribution is 7.89. The Hall–Kier alpha value is -2.65. The van der Waals surface area contributed by atoms with E-state index < -0.39 is 34.0 Å². The average molecular weight is 691 g/mol. The third-order valence-corrected chi connectivity index (χ3v) is 10.9. The summed E-state index contributed by atoms with van der Waals surface area (Å²) < 4.78 is 38.2. The summed E-state index contributed by atoms with van der Waals surface area (Å²) >= 11 is 12.0. The van der Waals surface area contributed by atoms with E-state index in [-0.39, 0.29) is 58.7 Å². The second kappa shape index (κ2) is 15.8. The first kappa shape index (κ1) is 35.2. The Morgan fingerprint density at radius 3 is 2.20 bits per heavy atom. The van der Waals surface area contributed by atoms with Gasteiger partial charge in [0.1, 0.15) is 12.1 Å². The normalized spacial score (nSPS) is 20.9. The number of carbonyl (C=O) groups excluding carboxylic acids is 4. The summed E-state index contributed by atoms with van der Waals surface area (Å²) in [7, 11) is -0.909. The highest BCUT2D eigenvalue weighted by atomic mass is 35.5. The molecule has 0 radical (unpaired) electrons. The van der Waals surface area contributed by atoms with Crippen LogP contribution in [0.2, 0.25) is 10.0 Å². The molecule has 2 atom stereocenters. The first-order chi connectivity index (χ1) is 21.4. The van der Waals surface area contributed by atoms with Crippen molar-refractivity contribution in [2.24, 2.45) is 5.92 Å². The lowest BCUT2D eigenvalue weighted by Crippen LogP contribution is -2.51. The number of nitrogens with one attached hydrogen (secondary N) is 1. The number of carbonyl (C=O) groups is 4. The van der Waals surface area contributed by atoms with Crippen molar-refractivity contribution >= 4 is 57.1 Å². The van der Waals surface area contributed by atoms with Crippen LogP contribution in [0.15, 0.2) is 23.1 Å². The minimum atomic E-state index is -4.11. The number of halogens is 2. The Kier molecular flexibility index (Phi) is 12.3. The van der Waals surface area contributed by atoms with Crippen molar-refractivity contribution in [2.75, 3.05) is 66.6 Å². The minimum absolute atomic E-state index is 0.0107. The summed E-state index contributed by atoms with van der Waals surface area (Å²) in [5.74, 6) is -1.40. The lowest BCUT2D eigenvalue weighted by Gasteiger charge is -2.34. The molecule has 45 heavy (non-hydrogen) atoms. The molecule has 250 valence electrons. The Morgan fingerprint density at radius 2 is 1.58 bits per heavy atom. The number of nitrogens with zero attached hydrogens (tertiary/aromatic N) is 4. The zero-order valence-electron chi connectivity index (χ0n) is 25.6. The number of hydrogen-bond acceptors (Lipinski definition) is 9. The van der Waals surface area contributed by atoms with Gasteiger partial charge in [0.05, 0.1) is 18.6 Å². The molecule has 0 aliphatic carbocycles. The summed E-state index contributed by atoms with van der Waals surface area (Å²) in [6.45, 7) is 4.32. The van der Waals surface area contributed by atoms with E-state index in [0.717, 1.165) is 17.4 Å². The number of piperidine rings is 1. The fourth-order valence-electron chi connectivity index (χ4n) is 5.81.